The van der Waals surface area contributed by atoms with Gasteiger partial charge in [0, 0.05) is 16.0 Å². The molecule has 0 spiro atoms. The lowest BCUT2D eigenvalue weighted by Gasteiger charge is -2.39. The molecule has 1 aliphatic rings. The van der Waals surface area contributed by atoms with E-state index in [1.54, 1.807) is 26.8 Å². The number of aliphatic carboxylic acids is 2. The second-order valence-electron chi connectivity index (χ2n) is 4.55. The Balaban J connectivity index is 3.41. The molecule has 0 radical (unpaired) electrons. The van der Waals surface area contributed by atoms with Gasteiger partial charge in [0.25, 0.3) is 0 Å². The molecule has 1 aliphatic carbocycles. The number of hydrogen-bond acceptors (Lipinski definition) is 2. The van der Waals surface area contributed by atoms with Crippen LogP contribution in [0.25, 0.3) is 0 Å². The first kappa shape index (κ1) is 14.0. The second-order valence-corrected chi connectivity index (χ2v) is 5.46. The van der Waals surface area contributed by atoms with Crippen LogP contribution in [-0.2, 0) is 9.59 Å². The van der Waals surface area contributed by atoms with E-state index in [1.807, 2.05) is 0 Å². The zero-order valence-corrected chi connectivity index (χ0v) is 11.5. The van der Waals surface area contributed by atoms with E-state index in [-0.39, 0.29) is 11.5 Å². The molecule has 0 amide bonds. The fourth-order valence-corrected chi connectivity index (χ4v) is 2.96. The lowest BCUT2D eigenvalue weighted by molar-refractivity contribution is -0.151. The third-order valence-corrected chi connectivity index (χ3v) is 3.88. The van der Waals surface area contributed by atoms with Gasteiger partial charge in [-0.05, 0) is 12.0 Å². The van der Waals surface area contributed by atoms with Gasteiger partial charge in [-0.1, -0.05) is 42.8 Å². The number of carboxylic acids is 2. The molecule has 0 aromatic carbocycles. The van der Waals surface area contributed by atoms with Gasteiger partial charge < -0.3 is 10.2 Å². The van der Waals surface area contributed by atoms with E-state index >= 15 is 0 Å². The molecular weight excluding hydrogens is 288 g/mol. The summed E-state index contributed by atoms with van der Waals surface area (Å²) < 4.78 is 0.504. The summed E-state index contributed by atoms with van der Waals surface area (Å²) in [5.41, 5.74) is -1.06. The van der Waals surface area contributed by atoms with Gasteiger partial charge in [-0.3, -0.25) is 4.79 Å². The summed E-state index contributed by atoms with van der Waals surface area (Å²) in [7, 11) is 0. The molecule has 0 heterocycles. The average molecular weight is 303 g/mol. The fourth-order valence-electron chi connectivity index (χ4n) is 2.33. The Morgan fingerprint density at radius 2 is 1.94 bits per heavy atom. The van der Waals surface area contributed by atoms with Crippen molar-refractivity contribution < 1.29 is 19.8 Å². The number of carboxylic acid groups (broad SMARTS) is 2. The van der Waals surface area contributed by atoms with Gasteiger partial charge in [-0.25, -0.2) is 4.79 Å². The molecule has 2 atom stereocenters. The van der Waals surface area contributed by atoms with Gasteiger partial charge in [0.2, 0.25) is 0 Å². The maximum atomic E-state index is 11.6. The van der Waals surface area contributed by atoms with E-state index in [0.29, 0.717) is 4.48 Å². The molecule has 4 nitrogen and oxygen atoms in total. The Morgan fingerprint density at radius 1 is 1.41 bits per heavy atom. The van der Waals surface area contributed by atoms with Crippen LogP contribution in [-0.4, -0.2) is 22.2 Å². The predicted molar refractivity (Wildman–Crippen MR) is 66.8 cm³/mol. The fraction of sp³-hybridized carbons (Fsp3) is 0.500. The van der Waals surface area contributed by atoms with Crippen LogP contribution in [0.5, 0.6) is 0 Å². The molecular formula is C12H15BrO4. The van der Waals surface area contributed by atoms with Crippen LogP contribution >= 0.6 is 15.9 Å². The second kappa shape index (κ2) is 4.64. The number of allylic oxidation sites excluding steroid dienone is 2. The van der Waals surface area contributed by atoms with E-state index in [4.69, 9.17) is 5.11 Å². The van der Waals surface area contributed by atoms with Crippen molar-refractivity contribution in [1.29, 1.82) is 0 Å². The Hall–Kier alpha value is -1.10. The van der Waals surface area contributed by atoms with Crippen molar-refractivity contribution in [3.8, 4) is 0 Å². The molecule has 17 heavy (non-hydrogen) atoms. The molecule has 5 heteroatoms. The van der Waals surface area contributed by atoms with Crippen molar-refractivity contribution in [3.63, 3.8) is 0 Å². The topological polar surface area (TPSA) is 74.6 Å². The van der Waals surface area contributed by atoms with E-state index in [9.17, 15) is 14.7 Å². The number of hydrogen-bond donors (Lipinski definition) is 2. The number of carbonyl (C=O) groups is 2. The van der Waals surface area contributed by atoms with E-state index in [1.165, 1.54) is 6.08 Å². The first-order chi connectivity index (χ1) is 7.73. The summed E-state index contributed by atoms with van der Waals surface area (Å²) in [5.74, 6) is -2.85. The third-order valence-electron chi connectivity index (χ3n) is 3.43. The number of rotatable bonds is 3. The maximum absolute atomic E-state index is 11.6. The van der Waals surface area contributed by atoms with Crippen molar-refractivity contribution in [2.75, 3.05) is 0 Å². The molecule has 0 aromatic rings. The first-order valence-corrected chi connectivity index (χ1v) is 6.09. The lowest BCUT2D eigenvalue weighted by atomic mass is 9.63. The summed E-state index contributed by atoms with van der Waals surface area (Å²) in [6.45, 7) is 5.21. The molecule has 0 fully saturated rings. The molecule has 2 unspecified atom stereocenters. The van der Waals surface area contributed by atoms with Gasteiger partial charge >= 0.3 is 11.9 Å². The standard InChI is InChI=1S/C12H15BrO4/c1-6(2)12(11(16)17)5-8(13)4-9(7(12)3)10(14)15/h4-7H,1-3H3,(H,14,15)(H,16,17). The largest absolute Gasteiger partial charge is 0.481 e. The Bertz CT molecular complexity index is 422. The average Bonchev–Trinajstić information content (AvgIpc) is 2.19. The molecule has 0 aliphatic heterocycles. The normalized spacial score (nSPS) is 28.6. The Kier molecular flexibility index (Phi) is 3.81. The van der Waals surface area contributed by atoms with Crippen molar-refractivity contribution in [3.05, 3.63) is 22.2 Å². The maximum Gasteiger partial charge on any atom is 0.331 e. The van der Waals surface area contributed by atoms with Crippen molar-refractivity contribution >= 4 is 27.9 Å². The van der Waals surface area contributed by atoms with Crippen molar-refractivity contribution in [1.82, 2.24) is 0 Å². The zero-order valence-electron chi connectivity index (χ0n) is 9.90. The van der Waals surface area contributed by atoms with Crippen LogP contribution in [0.4, 0.5) is 0 Å². The first-order valence-electron chi connectivity index (χ1n) is 5.30. The lowest BCUT2D eigenvalue weighted by Crippen LogP contribution is -2.43. The van der Waals surface area contributed by atoms with Crippen LogP contribution in [0.2, 0.25) is 0 Å². The minimum Gasteiger partial charge on any atom is -0.481 e. The van der Waals surface area contributed by atoms with E-state index in [0.717, 1.165) is 0 Å². The molecule has 0 bridgehead atoms. The predicted octanol–water partition coefficient (Wildman–Crippen LogP) is 2.65. The smallest absolute Gasteiger partial charge is 0.331 e. The highest BCUT2D eigenvalue weighted by molar-refractivity contribution is 9.11. The van der Waals surface area contributed by atoms with E-state index in [2.05, 4.69) is 15.9 Å². The minimum atomic E-state index is -1.18. The molecule has 0 aromatic heterocycles. The van der Waals surface area contributed by atoms with Gasteiger partial charge in [-0.2, -0.15) is 0 Å². The van der Waals surface area contributed by atoms with Crippen LogP contribution in [0, 0.1) is 17.3 Å². The summed E-state index contributed by atoms with van der Waals surface area (Å²) in [6, 6.07) is 0. The molecule has 0 saturated carbocycles. The Labute approximate surface area is 108 Å². The van der Waals surface area contributed by atoms with Crippen LogP contribution in [0.15, 0.2) is 22.2 Å². The van der Waals surface area contributed by atoms with Crippen LogP contribution < -0.4 is 0 Å². The van der Waals surface area contributed by atoms with Gasteiger partial charge in [0.05, 0.1) is 5.41 Å². The van der Waals surface area contributed by atoms with E-state index < -0.39 is 23.3 Å². The third kappa shape index (κ3) is 2.16. The summed E-state index contributed by atoms with van der Waals surface area (Å²) in [4.78, 5) is 22.7. The summed E-state index contributed by atoms with van der Waals surface area (Å²) >= 11 is 3.19. The van der Waals surface area contributed by atoms with Gasteiger partial charge in [-0.15, -0.1) is 0 Å². The van der Waals surface area contributed by atoms with Crippen molar-refractivity contribution in [2.45, 2.75) is 20.8 Å². The van der Waals surface area contributed by atoms with Crippen molar-refractivity contribution in [2.24, 2.45) is 17.3 Å². The molecule has 94 valence electrons. The van der Waals surface area contributed by atoms with Crippen LogP contribution in [0.3, 0.4) is 0 Å². The Morgan fingerprint density at radius 3 is 2.29 bits per heavy atom. The summed E-state index contributed by atoms with van der Waals surface area (Å²) in [6.07, 6.45) is 3.06. The molecule has 1 rings (SSSR count). The van der Waals surface area contributed by atoms with Gasteiger partial charge in [0.1, 0.15) is 0 Å². The minimum absolute atomic E-state index is 0.121. The monoisotopic (exact) mass is 302 g/mol. The zero-order chi connectivity index (χ0) is 13.4. The quantitative estimate of drug-likeness (QED) is 0.840. The summed E-state index contributed by atoms with van der Waals surface area (Å²) in [5, 5.41) is 18.6. The highest BCUT2D eigenvalue weighted by Gasteiger charge is 2.49. The molecule has 2 N–H and O–H groups in total. The molecule has 0 saturated heterocycles. The SMILES string of the molecule is CC(C)C1(C(=O)O)C=C(Br)C=C(C(=O)O)C1C. The highest BCUT2D eigenvalue weighted by atomic mass is 79.9. The van der Waals surface area contributed by atoms with Crippen LogP contribution in [0.1, 0.15) is 20.8 Å². The number of halogens is 1. The van der Waals surface area contributed by atoms with Gasteiger partial charge in [0.15, 0.2) is 0 Å². The highest BCUT2D eigenvalue weighted by Crippen LogP contribution is 2.46.